The van der Waals surface area contributed by atoms with Gasteiger partial charge in [-0.05, 0) is 35.7 Å². The van der Waals surface area contributed by atoms with Crippen LogP contribution in [0, 0.1) is 0 Å². The molecule has 0 saturated carbocycles. The SMILES string of the molecule is CC(C)c1ccc(C(=O)Oc2cc(N)n(S(=O)(=O)c3ccccc3)n2)cc1. The van der Waals surface area contributed by atoms with Crippen molar-refractivity contribution >= 4 is 21.8 Å². The Morgan fingerprint density at radius 1 is 1.07 bits per heavy atom. The van der Waals surface area contributed by atoms with Crippen molar-refractivity contribution in [3.8, 4) is 5.88 Å². The molecular weight excluding hydrogens is 366 g/mol. The van der Waals surface area contributed by atoms with E-state index in [1.54, 1.807) is 30.3 Å². The topological polar surface area (TPSA) is 104 Å². The summed E-state index contributed by atoms with van der Waals surface area (Å²) in [7, 11) is -3.98. The number of carbonyl (C=O) groups excluding carboxylic acids is 1. The average molecular weight is 385 g/mol. The van der Waals surface area contributed by atoms with Crippen LogP contribution < -0.4 is 10.5 Å². The van der Waals surface area contributed by atoms with E-state index in [1.165, 1.54) is 18.2 Å². The normalized spacial score (nSPS) is 11.5. The predicted octanol–water partition coefficient (Wildman–Crippen LogP) is 3.04. The molecule has 1 heterocycles. The van der Waals surface area contributed by atoms with Gasteiger partial charge in [0.15, 0.2) is 0 Å². The Bertz CT molecular complexity index is 1060. The molecule has 0 saturated heterocycles. The highest BCUT2D eigenvalue weighted by Crippen LogP contribution is 2.22. The minimum Gasteiger partial charge on any atom is -0.402 e. The van der Waals surface area contributed by atoms with Crippen molar-refractivity contribution in [2.75, 3.05) is 5.73 Å². The summed E-state index contributed by atoms with van der Waals surface area (Å²) in [4.78, 5) is 12.3. The molecule has 0 aliphatic carbocycles. The molecule has 27 heavy (non-hydrogen) atoms. The summed E-state index contributed by atoms with van der Waals surface area (Å²) in [6.07, 6.45) is 0. The van der Waals surface area contributed by atoms with Gasteiger partial charge in [0.25, 0.3) is 10.0 Å². The van der Waals surface area contributed by atoms with E-state index < -0.39 is 16.0 Å². The monoisotopic (exact) mass is 385 g/mol. The second-order valence-electron chi connectivity index (χ2n) is 6.23. The van der Waals surface area contributed by atoms with Gasteiger partial charge in [0, 0.05) is 6.07 Å². The van der Waals surface area contributed by atoms with Gasteiger partial charge in [-0.3, -0.25) is 0 Å². The van der Waals surface area contributed by atoms with E-state index in [1.807, 2.05) is 12.1 Å². The van der Waals surface area contributed by atoms with Crippen LogP contribution in [-0.4, -0.2) is 23.6 Å². The number of hydrogen-bond acceptors (Lipinski definition) is 6. The Kier molecular flexibility index (Phi) is 5.00. The summed E-state index contributed by atoms with van der Waals surface area (Å²) < 4.78 is 31.0. The molecular formula is C19H19N3O4S. The molecule has 0 fully saturated rings. The molecule has 0 aliphatic heterocycles. The van der Waals surface area contributed by atoms with E-state index in [0.717, 1.165) is 5.56 Å². The van der Waals surface area contributed by atoms with Gasteiger partial charge in [0.1, 0.15) is 5.82 Å². The summed E-state index contributed by atoms with van der Waals surface area (Å²) in [6, 6.07) is 15.9. The van der Waals surface area contributed by atoms with Crippen molar-refractivity contribution in [3.05, 3.63) is 71.8 Å². The van der Waals surface area contributed by atoms with Gasteiger partial charge in [-0.2, -0.15) is 8.42 Å². The van der Waals surface area contributed by atoms with Crippen molar-refractivity contribution in [2.24, 2.45) is 0 Å². The van der Waals surface area contributed by atoms with E-state index in [0.29, 0.717) is 15.6 Å². The summed E-state index contributed by atoms with van der Waals surface area (Å²) in [5.74, 6) is -0.650. The molecule has 0 amide bonds. The van der Waals surface area contributed by atoms with Gasteiger partial charge >= 0.3 is 5.97 Å². The zero-order valence-electron chi connectivity index (χ0n) is 14.9. The van der Waals surface area contributed by atoms with Crippen molar-refractivity contribution in [1.29, 1.82) is 0 Å². The lowest BCUT2D eigenvalue weighted by atomic mass is 10.0. The van der Waals surface area contributed by atoms with E-state index >= 15 is 0 Å². The molecule has 0 unspecified atom stereocenters. The smallest absolute Gasteiger partial charge is 0.344 e. The van der Waals surface area contributed by atoms with Crippen molar-refractivity contribution in [2.45, 2.75) is 24.7 Å². The molecule has 7 nitrogen and oxygen atoms in total. The number of esters is 1. The number of nitrogens with zero attached hydrogens (tertiary/aromatic N) is 2. The number of aromatic nitrogens is 2. The molecule has 0 spiro atoms. The predicted molar refractivity (Wildman–Crippen MR) is 101 cm³/mol. The van der Waals surface area contributed by atoms with Crippen LogP contribution in [0.2, 0.25) is 0 Å². The fourth-order valence-corrected chi connectivity index (χ4v) is 3.67. The van der Waals surface area contributed by atoms with Gasteiger partial charge in [-0.15, -0.1) is 9.19 Å². The van der Waals surface area contributed by atoms with Gasteiger partial charge in [-0.1, -0.05) is 44.2 Å². The van der Waals surface area contributed by atoms with Crippen LogP contribution in [0.3, 0.4) is 0 Å². The minimum absolute atomic E-state index is 0.0296. The summed E-state index contributed by atoms with van der Waals surface area (Å²) in [5, 5.41) is 3.83. The highest BCUT2D eigenvalue weighted by atomic mass is 32.2. The molecule has 0 radical (unpaired) electrons. The van der Waals surface area contributed by atoms with Gasteiger partial charge in [0.2, 0.25) is 5.88 Å². The Morgan fingerprint density at radius 2 is 1.70 bits per heavy atom. The molecule has 2 aromatic carbocycles. The van der Waals surface area contributed by atoms with Crippen LogP contribution in [0.4, 0.5) is 5.82 Å². The molecule has 140 valence electrons. The Morgan fingerprint density at radius 3 is 2.30 bits per heavy atom. The Labute approximate surface area is 157 Å². The van der Waals surface area contributed by atoms with Crippen LogP contribution in [0.5, 0.6) is 5.88 Å². The van der Waals surface area contributed by atoms with Crippen molar-refractivity contribution in [3.63, 3.8) is 0 Å². The van der Waals surface area contributed by atoms with Crippen LogP contribution in [0.1, 0.15) is 35.7 Å². The number of carbonyl (C=O) groups is 1. The van der Waals surface area contributed by atoms with Crippen LogP contribution in [0.25, 0.3) is 0 Å². The first-order valence-corrected chi connectivity index (χ1v) is 9.71. The first-order chi connectivity index (χ1) is 12.8. The first-order valence-electron chi connectivity index (χ1n) is 8.27. The van der Waals surface area contributed by atoms with Gasteiger partial charge in [0.05, 0.1) is 10.5 Å². The van der Waals surface area contributed by atoms with Crippen molar-refractivity contribution < 1.29 is 17.9 Å². The molecule has 1 aromatic heterocycles. The van der Waals surface area contributed by atoms with Crippen LogP contribution in [0.15, 0.2) is 65.6 Å². The summed E-state index contributed by atoms with van der Waals surface area (Å²) in [6.45, 7) is 4.10. The molecule has 0 atom stereocenters. The highest BCUT2D eigenvalue weighted by Gasteiger charge is 2.23. The fraction of sp³-hybridized carbons (Fsp3) is 0.158. The van der Waals surface area contributed by atoms with Crippen LogP contribution in [-0.2, 0) is 10.0 Å². The van der Waals surface area contributed by atoms with Crippen molar-refractivity contribution in [1.82, 2.24) is 9.19 Å². The summed E-state index contributed by atoms with van der Waals surface area (Å²) in [5.41, 5.74) is 7.19. The third-order valence-corrected chi connectivity index (χ3v) is 5.58. The maximum Gasteiger partial charge on any atom is 0.344 e. The van der Waals surface area contributed by atoms with E-state index in [9.17, 15) is 13.2 Å². The number of nitrogens with two attached hydrogens (primary N) is 1. The third kappa shape index (κ3) is 3.85. The zero-order chi connectivity index (χ0) is 19.6. The Hall–Kier alpha value is -3.13. The summed E-state index contributed by atoms with van der Waals surface area (Å²) >= 11 is 0. The minimum atomic E-state index is -3.98. The van der Waals surface area contributed by atoms with E-state index in [-0.39, 0.29) is 16.6 Å². The first kappa shape index (κ1) is 18.7. The number of ether oxygens (including phenoxy) is 1. The third-order valence-electron chi connectivity index (χ3n) is 3.96. The lowest BCUT2D eigenvalue weighted by Crippen LogP contribution is -2.17. The standard InChI is InChI=1S/C19H19N3O4S/c1-13(2)14-8-10-15(11-9-14)19(23)26-18-12-17(20)22(21-18)27(24,25)16-6-4-3-5-7-16/h3-13H,20H2,1-2H3. The quantitative estimate of drug-likeness (QED) is 0.677. The lowest BCUT2D eigenvalue weighted by Gasteiger charge is -2.06. The Balaban J connectivity index is 1.83. The number of rotatable bonds is 5. The molecule has 2 N–H and O–H groups in total. The average Bonchev–Trinajstić information content (AvgIpc) is 3.03. The maximum atomic E-state index is 12.6. The van der Waals surface area contributed by atoms with E-state index in [2.05, 4.69) is 18.9 Å². The number of hydrogen-bond donors (Lipinski definition) is 1. The van der Waals surface area contributed by atoms with Gasteiger partial charge in [-0.25, -0.2) is 4.79 Å². The van der Waals surface area contributed by atoms with E-state index in [4.69, 9.17) is 10.5 Å². The number of anilines is 1. The molecule has 0 bridgehead atoms. The zero-order valence-corrected chi connectivity index (χ0v) is 15.7. The highest BCUT2D eigenvalue weighted by molar-refractivity contribution is 7.90. The second kappa shape index (κ2) is 7.24. The number of nitrogen functional groups attached to an aromatic ring is 1. The molecule has 3 aromatic rings. The second-order valence-corrected chi connectivity index (χ2v) is 8.00. The number of benzene rings is 2. The molecule has 0 aliphatic rings. The van der Waals surface area contributed by atoms with Gasteiger partial charge < -0.3 is 10.5 Å². The molecule has 3 rings (SSSR count). The van der Waals surface area contributed by atoms with Crippen LogP contribution >= 0.6 is 0 Å². The fourth-order valence-electron chi connectivity index (χ4n) is 2.45. The lowest BCUT2D eigenvalue weighted by molar-refractivity contribution is 0.0727. The maximum absolute atomic E-state index is 12.6. The largest absolute Gasteiger partial charge is 0.402 e. The molecule has 8 heteroatoms.